The zero-order valence-electron chi connectivity index (χ0n) is 31.3. The second-order valence-electron chi connectivity index (χ2n) is 14.8. The topological polar surface area (TPSA) is 35.6 Å². The van der Waals surface area contributed by atoms with Crippen LogP contribution < -0.4 is 0 Å². The van der Waals surface area contributed by atoms with E-state index in [-0.39, 0.29) is 0 Å². The number of aromatic nitrogens is 4. The van der Waals surface area contributed by atoms with Crippen LogP contribution in [0.5, 0.6) is 0 Å². The molecular weight excluding hydrogens is 693 g/mol. The highest BCUT2D eigenvalue weighted by Crippen LogP contribution is 2.39. The molecule has 0 aliphatic carbocycles. The Bertz CT molecular complexity index is 3250. The molecule has 3 heterocycles. The standard InChI is InChI=1S/C53H36N4/c1-35-27-28-52-46(29-35)45-23-10-13-26-51(45)57(52)42-32-40(31-41(33-42)56-49-24-11-8-21-43(49)44-22-9-12-25-50(44)56)48-34-47(54-53(55-48)37-17-6-3-7-18-37)39-20-14-19-38(30-39)36-15-4-2-5-16-36/h2-34H,1H3. The van der Waals surface area contributed by atoms with E-state index in [1.54, 1.807) is 0 Å². The van der Waals surface area contributed by atoms with Gasteiger partial charge < -0.3 is 9.13 Å². The van der Waals surface area contributed by atoms with Crippen LogP contribution in [0.1, 0.15) is 5.56 Å². The van der Waals surface area contributed by atoms with Crippen molar-refractivity contribution in [3.05, 3.63) is 206 Å². The van der Waals surface area contributed by atoms with Gasteiger partial charge in [-0.25, -0.2) is 9.97 Å². The van der Waals surface area contributed by atoms with Gasteiger partial charge in [-0.2, -0.15) is 0 Å². The molecule has 11 aromatic rings. The number of benzene rings is 8. The van der Waals surface area contributed by atoms with E-state index < -0.39 is 0 Å². The van der Waals surface area contributed by atoms with Crippen LogP contribution in [0.25, 0.3) is 100 Å². The highest BCUT2D eigenvalue weighted by atomic mass is 15.0. The number of hydrogen-bond acceptors (Lipinski definition) is 2. The molecule has 0 spiro atoms. The van der Waals surface area contributed by atoms with Gasteiger partial charge in [0.15, 0.2) is 5.82 Å². The zero-order chi connectivity index (χ0) is 37.9. The molecule has 0 bridgehead atoms. The van der Waals surface area contributed by atoms with Crippen LogP contribution in [0.3, 0.4) is 0 Å². The Kier molecular flexibility index (Phi) is 7.68. The highest BCUT2D eigenvalue weighted by Gasteiger charge is 2.19. The number of hydrogen-bond donors (Lipinski definition) is 0. The summed E-state index contributed by atoms with van der Waals surface area (Å²) in [6.45, 7) is 2.17. The van der Waals surface area contributed by atoms with Crippen LogP contribution in [-0.4, -0.2) is 19.1 Å². The first-order chi connectivity index (χ1) is 28.2. The van der Waals surface area contributed by atoms with Crippen molar-refractivity contribution >= 4 is 43.6 Å². The normalized spacial score (nSPS) is 11.6. The van der Waals surface area contributed by atoms with E-state index in [4.69, 9.17) is 9.97 Å². The van der Waals surface area contributed by atoms with Crippen molar-refractivity contribution in [2.45, 2.75) is 6.92 Å². The number of rotatable bonds is 6. The van der Waals surface area contributed by atoms with Crippen molar-refractivity contribution in [3.8, 4) is 56.4 Å². The van der Waals surface area contributed by atoms with Gasteiger partial charge in [-0.05, 0) is 78.7 Å². The number of fused-ring (bicyclic) bond motifs is 6. The monoisotopic (exact) mass is 728 g/mol. The molecule has 0 amide bonds. The van der Waals surface area contributed by atoms with Crippen molar-refractivity contribution in [2.24, 2.45) is 0 Å². The minimum absolute atomic E-state index is 0.685. The summed E-state index contributed by atoms with van der Waals surface area (Å²) in [4.78, 5) is 10.6. The summed E-state index contributed by atoms with van der Waals surface area (Å²) >= 11 is 0. The molecule has 8 aromatic carbocycles. The molecule has 0 saturated carbocycles. The quantitative estimate of drug-likeness (QED) is 0.171. The van der Waals surface area contributed by atoms with Crippen molar-refractivity contribution in [2.75, 3.05) is 0 Å². The van der Waals surface area contributed by atoms with E-state index in [0.717, 1.165) is 61.6 Å². The zero-order valence-corrected chi connectivity index (χ0v) is 31.3. The molecule has 0 unspecified atom stereocenters. The second kappa shape index (κ2) is 13.3. The Balaban J connectivity index is 1.21. The predicted octanol–water partition coefficient (Wildman–Crippen LogP) is 13.6. The third kappa shape index (κ3) is 5.61. The van der Waals surface area contributed by atoms with Gasteiger partial charge >= 0.3 is 0 Å². The Labute approximate surface area is 330 Å². The van der Waals surface area contributed by atoms with Gasteiger partial charge in [-0.15, -0.1) is 0 Å². The van der Waals surface area contributed by atoms with Crippen molar-refractivity contribution in [3.63, 3.8) is 0 Å². The minimum atomic E-state index is 0.685. The smallest absolute Gasteiger partial charge is 0.160 e. The van der Waals surface area contributed by atoms with E-state index in [9.17, 15) is 0 Å². The van der Waals surface area contributed by atoms with Crippen LogP contribution in [-0.2, 0) is 0 Å². The van der Waals surface area contributed by atoms with Crippen LogP contribution in [0.15, 0.2) is 200 Å². The third-order valence-corrected chi connectivity index (χ3v) is 11.1. The summed E-state index contributed by atoms with van der Waals surface area (Å²) in [7, 11) is 0. The van der Waals surface area contributed by atoms with Gasteiger partial charge in [-0.3, -0.25) is 0 Å². The van der Waals surface area contributed by atoms with Gasteiger partial charge in [0.2, 0.25) is 0 Å². The summed E-state index contributed by atoms with van der Waals surface area (Å²) < 4.78 is 4.81. The molecule has 3 aromatic heterocycles. The first-order valence-corrected chi connectivity index (χ1v) is 19.4. The molecule has 0 aliphatic heterocycles. The third-order valence-electron chi connectivity index (χ3n) is 11.1. The lowest BCUT2D eigenvalue weighted by molar-refractivity contribution is 1.13. The van der Waals surface area contributed by atoms with Crippen molar-refractivity contribution < 1.29 is 0 Å². The van der Waals surface area contributed by atoms with Crippen LogP contribution in [0.2, 0.25) is 0 Å². The minimum Gasteiger partial charge on any atom is -0.309 e. The van der Waals surface area contributed by atoms with Crippen LogP contribution in [0, 0.1) is 6.92 Å². The van der Waals surface area contributed by atoms with E-state index in [2.05, 4.69) is 198 Å². The predicted molar refractivity (Wildman–Crippen MR) is 237 cm³/mol. The van der Waals surface area contributed by atoms with E-state index in [0.29, 0.717) is 5.82 Å². The van der Waals surface area contributed by atoms with E-state index in [1.807, 2.05) is 18.2 Å². The summed E-state index contributed by atoms with van der Waals surface area (Å²) in [6, 6.07) is 71.5. The van der Waals surface area contributed by atoms with Crippen molar-refractivity contribution in [1.29, 1.82) is 0 Å². The number of nitrogens with zero attached hydrogens (tertiary/aromatic N) is 4. The lowest BCUT2D eigenvalue weighted by Crippen LogP contribution is -2.01. The molecule has 4 nitrogen and oxygen atoms in total. The maximum Gasteiger partial charge on any atom is 0.160 e. The van der Waals surface area contributed by atoms with Gasteiger partial charge in [0.1, 0.15) is 0 Å². The van der Waals surface area contributed by atoms with Gasteiger partial charge in [0.05, 0.1) is 33.5 Å². The fourth-order valence-electron chi connectivity index (χ4n) is 8.51. The SMILES string of the molecule is Cc1ccc2c(c1)c1ccccc1n2-c1cc(-c2cc(-c3cccc(-c4ccccc4)c3)nc(-c3ccccc3)n2)cc(-n2c3ccccc3c3ccccc32)c1. The number of aryl methyl sites for hydroxylation is 1. The number of para-hydroxylation sites is 3. The Morgan fingerprint density at radius 2 is 0.789 bits per heavy atom. The highest BCUT2D eigenvalue weighted by molar-refractivity contribution is 6.11. The first-order valence-electron chi connectivity index (χ1n) is 19.4. The summed E-state index contributed by atoms with van der Waals surface area (Å²) in [5, 5.41) is 4.92. The fraction of sp³-hybridized carbons (Fsp3) is 0.0189. The Morgan fingerprint density at radius 1 is 0.316 bits per heavy atom. The fourth-order valence-corrected chi connectivity index (χ4v) is 8.51. The first kappa shape index (κ1) is 32.8. The molecule has 0 aliphatic rings. The van der Waals surface area contributed by atoms with E-state index >= 15 is 0 Å². The maximum absolute atomic E-state index is 5.36. The molecule has 4 heteroatoms. The lowest BCUT2D eigenvalue weighted by Gasteiger charge is -2.16. The molecule has 11 rings (SSSR count). The average molecular weight is 729 g/mol. The molecule has 57 heavy (non-hydrogen) atoms. The summed E-state index contributed by atoms with van der Waals surface area (Å²) in [6.07, 6.45) is 0. The second-order valence-corrected chi connectivity index (χ2v) is 14.8. The van der Waals surface area contributed by atoms with Crippen LogP contribution >= 0.6 is 0 Å². The maximum atomic E-state index is 5.36. The van der Waals surface area contributed by atoms with Gasteiger partial charge in [0.25, 0.3) is 0 Å². The Morgan fingerprint density at radius 3 is 1.40 bits per heavy atom. The summed E-state index contributed by atoms with van der Waals surface area (Å²) in [5.41, 5.74) is 15.0. The molecule has 0 fully saturated rings. The van der Waals surface area contributed by atoms with Gasteiger partial charge in [-0.1, -0.05) is 145 Å². The van der Waals surface area contributed by atoms with E-state index in [1.165, 1.54) is 38.2 Å². The molecular formula is C53H36N4. The van der Waals surface area contributed by atoms with Crippen molar-refractivity contribution in [1.82, 2.24) is 19.1 Å². The molecule has 0 atom stereocenters. The average Bonchev–Trinajstić information content (AvgIpc) is 3.79. The molecule has 0 radical (unpaired) electrons. The molecule has 268 valence electrons. The van der Waals surface area contributed by atoms with Gasteiger partial charge in [0, 0.05) is 49.6 Å². The lowest BCUT2D eigenvalue weighted by atomic mass is 10.0. The Hall–Kier alpha value is -7.56. The molecule has 0 saturated heterocycles. The molecule has 0 N–H and O–H groups in total. The summed E-state index contributed by atoms with van der Waals surface area (Å²) in [5.74, 6) is 0.685. The van der Waals surface area contributed by atoms with Crippen LogP contribution in [0.4, 0.5) is 0 Å². The largest absolute Gasteiger partial charge is 0.309 e.